The minimum Gasteiger partial charge on any atom is -0.496 e. The molecule has 1 aromatic carbocycles. The molecule has 2 rings (SSSR count). The van der Waals surface area contributed by atoms with Crippen LogP contribution >= 0.6 is 0 Å². The molecule has 1 heterocycles. The van der Waals surface area contributed by atoms with Gasteiger partial charge in [-0.25, -0.2) is 0 Å². The fourth-order valence-electron chi connectivity index (χ4n) is 2.76. The number of aliphatic hydroxyl groups is 1. The van der Waals surface area contributed by atoms with Crippen molar-refractivity contribution in [3.63, 3.8) is 0 Å². The van der Waals surface area contributed by atoms with Crippen LogP contribution in [0.2, 0.25) is 0 Å². The minimum atomic E-state index is -0.191. The predicted molar refractivity (Wildman–Crippen MR) is 77.1 cm³/mol. The van der Waals surface area contributed by atoms with Gasteiger partial charge in [0.1, 0.15) is 5.75 Å². The molecule has 1 atom stereocenters. The van der Waals surface area contributed by atoms with Gasteiger partial charge in [-0.2, -0.15) is 0 Å². The smallest absolute Gasteiger partial charge is 0.123 e. The normalized spacial score (nSPS) is 19.3. The monoisotopic (exact) mass is 264 g/mol. The van der Waals surface area contributed by atoms with E-state index in [-0.39, 0.29) is 6.10 Å². The van der Waals surface area contributed by atoms with Crippen molar-refractivity contribution in [3.8, 4) is 5.75 Å². The Labute approximate surface area is 115 Å². The van der Waals surface area contributed by atoms with Crippen molar-refractivity contribution in [2.24, 2.45) is 5.92 Å². The zero-order valence-corrected chi connectivity index (χ0v) is 11.8. The van der Waals surface area contributed by atoms with E-state index >= 15 is 0 Å². The highest BCUT2D eigenvalue weighted by atomic mass is 16.5. The molecule has 0 spiro atoms. The topological polar surface area (TPSA) is 58.7 Å². The molecule has 106 valence electrons. The predicted octanol–water partition coefficient (Wildman–Crippen LogP) is 1.87. The third-order valence-corrected chi connectivity index (χ3v) is 4.01. The SMILES string of the molecule is COc1ccc(N)cc1CN1CCC(C(C)O)CC1. The van der Waals surface area contributed by atoms with Crippen molar-refractivity contribution >= 4 is 5.69 Å². The maximum Gasteiger partial charge on any atom is 0.123 e. The number of rotatable bonds is 4. The maximum atomic E-state index is 9.62. The van der Waals surface area contributed by atoms with E-state index in [0.29, 0.717) is 5.92 Å². The van der Waals surface area contributed by atoms with Crippen molar-refractivity contribution < 1.29 is 9.84 Å². The Hall–Kier alpha value is -1.26. The summed E-state index contributed by atoms with van der Waals surface area (Å²) < 4.78 is 5.38. The molecule has 1 aromatic rings. The van der Waals surface area contributed by atoms with E-state index in [0.717, 1.165) is 49.5 Å². The molecular weight excluding hydrogens is 240 g/mol. The van der Waals surface area contributed by atoms with Crippen LogP contribution in [0.4, 0.5) is 5.69 Å². The summed E-state index contributed by atoms with van der Waals surface area (Å²) in [7, 11) is 1.69. The van der Waals surface area contributed by atoms with Gasteiger partial charge in [0.15, 0.2) is 0 Å². The van der Waals surface area contributed by atoms with E-state index in [2.05, 4.69) is 4.90 Å². The van der Waals surface area contributed by atoms with Crippen LogP contribution in [0.15, 0.2) is 18.2 Å². The summed E-state index contributed by atoms with van der Waals surface area (Å²) in [6, 6.07) is 5.77. The molecule has 4 heteroatoms. The number of aliphatic hydroxyl groups excluding tert-OH is 1. The van der Waals surface area contributed by atoms with Gasteiger partial charge in [0.2, 0.25) is 0 Å². The van der Waals surface area contributed by atoms with Crippen molar-refractivity contribution in [2.75, 3.05) is 25.9 Å². The molecule has 1 saturated heterocycles. The van der Waals surface area contributed by atoms with Crippen LogP contribution in [-0.4, -0.2) is 36.3 Å². The van der Waals surface area contributed by atoms with Gasteiger partial charge in [-0.15, -0.1) is 0 Å². The Morgan fingerprint density at radius 2 is 2.11 bits per heavy atom. The zero-order chi connectivity index (χ0) is 13.8. The molecule has 0 radical (unpaired) electrons. The molecule has 1 aliphatic heterocycles. The Morgan fingerprint density at radius 1 is 1.42 bits per heavy atom. The second-order valence-corrected chi connectivity index (χ2v) is 5.43. The van der Waals surface area contributed by atoms with E-state index in [4.69, 9.17) is 10.5 Å². The van der Waals surface area contributed by atoms with Crippen LogP contribution in [0.5, 0.6) is 5.75 Å². The number of ether oxygens (including phenoxy) is 1. The zero-order valence-electron chi connectivity index (χ0n) is 11.8. The number of benzene rings is 1. The fraction of sp³-hybridized carbons (Fsp3) is 0.600. The molecule has 0 amide bonds. The van der Waals surface area contributed by atoms with E-state index in [1.807, 2.05) is 25.1 Å². The number of likely N-dealkylation sites (tertiary alicyclic amines) is 1. The van der Waals surface area contributed by atoms with Gasteiger partial charge in [0, 0.05) is 17.8 Å². The lowest BCUT2D eigenvalue weighted by Gasteiger charge is -2.33. The summed E-state index contributed by atoms with van der Waals surface area (Å²) in [5.41, 5.74) is 7.75. The van der Waals surface area contributed by atoms with E-state index in [1.54, 1.807) is 7.11 Å². The summed E-state index contributed by atoms with van der Waals surface area (Å²) in [5.74, 6) is 1.34. The van der Waals surface area contributed by atoms with Crippen LogP contribution in [0.25, 0.3) is 0 Å². The molecule has 0 saturated carbocycles. The Morgan fingerprint density at radius 3 is 2.68 bits per heavy atom. The van der Waals surface area contributed by atoms with Crippen molar-refractivity contribution in [3.05, 3.63) is 23.8 Å². The van der Waals surface area contributed by atoms with Gasteiger partial charge < -0.3 is 15.6 Å². The highest BCUT2D eigenvalue weighted by molar-refractivity contribution is 5.47. The quantitative estimate of drug-likeness (QED) is 0.815. The van der Waals surface area contributed by atoms with E-state index < -0.39 is 0 Å². The number of hydrogen-bond donors (Lipinski definition) is 2. The molecule has 1 unspecified atom stereocenters. The highest BCUT2D eigenvalue weighted by Gasteiger charge is 2.23. The van der Waals surface area contributed by atoms with Gasteiger partial charge in [-0.3, -0.25) is 4.90 Å². The summed E-state index contributed by atoms with van der Waals surface area (Å²) in [6.45, 7) is 4.79. The van der Waals surface area contributed by atoms with E-state index in [9.17, 15) is 5.11 Å². The number of nitrogens with zero attached hydrogens (tertiary/aromatic N) is 1. The molecule has 4 nitrogen and oxygen atoms in total. The van der Waals surface area contributed by atoms with Gasteiger partial charge in [0.25, 0.3) is 0 Å². The Balaban J connectivity index is 1.97. The van der Waals surface area contributed by atoms with Crippen LogP contribution < -0.4 is 10.5 Å². The molecule has 0 bridgehead atoms. The average Bonchev–Trinajstić information content (AvgIpc) is 2.39. The maximum absolute atomic E-state index is 9.62. The lowest BCUT2D eigenvalue weighted by molar-refractivity contribution is 0.0693. The van der Waals surface area contributed by atoms with Crippen molar-refractivity contribution in [1.29, 1.82) is 0 Å². The number of hydrogen-bond acceptors (Lipinski definition) is 4. The van der Waals surface area contributed by atoms with Crippen LogP contribution in [0.3, 0.4) is 0 Å². The Bertz CT molecular complexity index is 413. The number of anilines is 1. The van der Waals surface area contributed by atoms with Crippen LogP contribution in [-0.2, 0) is 6.54 Å². The third-order valence-electron chi connectivity index (χ3n) is 4.01. The first-order chi connectivity index (χ1) is 9.10. The summed E-state index contributed by atoms with van der Waals surface area (Å²) in [4.78, 5) is 2.40. The standard InChI is InChI=1S/C15H24N2O2/c1-11(18)12-5-7-17(8-6-12)10-13-9-14(16)3-4-15(13)19-2/h3-4,9,11-12,18H,5-8,10,16H2,1-2H3. The Kier molecular flexibility index (Phi) is 4.66. The summed E-state index contributed by atoms with van der Waals surface area (Å²) >= 11 is 0. The molecule has 19 heavy (non-hydrogen) atoms. The van der Waals surface area contributed by atoms with Gasteiger partial charge >= 0.3 is 0 Å². The first-order valence-electron chi connectivity index (χ1n) is 6.93. The molecule has 1 fully saturated rings. The summed E-state index contributed by atoms with van der Waals surface area (Å²) in [6.07, 6.45) is 1.92. The minimum absolute atomic E-state index is 0.191. The molecule has 1 aliphatic rings. The van der Waals surface area contributed by atoms with E-state index in [1.165, 1.54) is 0 Å². The number of piperidine rings is 1. The second-order valence-electron chi connectivity index (χ2n) is 5.43. The largest absolute Gasteiger partial charge is 0.496 e. The lowest BCUT2D eigenvalue weighted by Crippen LogP contribution is -2.36. The molecular formula is C15H24N2O2. The first kappa shape index (κ1) is 14.2. The molecule has 0 aliphatic carbocycles. The summed E-state index contributed by atoms with van der Waals surface area (Å²) in [5, 5.41) is 9.62. The number of nitrogens with two attached hydrogens (primary N) is 1. The van der Waals surface area contributed by atoms with Crippen LogP contribution in [0, 0.1) is 5.92 Å². The van der Waals surface area contributed by atoms with Crippen molar-refractivity contribution in [2.45, 2.75) is 32.4 Å². The second kappa shape index (κ2) is 6.26. The first-order valence-corrected chi connectivity index (χ1v) is 6.93. The number of methoxy groups -OCH3 is 1. The van der Waals surface area contributed by atoms with Gasteiger partial charge in [0.05, 0.1) is 13.2 Å². The fourth-order valence-corrected chi connectivity index (χ4v) is 2.76. The van der Waals surface area contributed by atoms with Crippen molar-refractivity contribution in [1.82, 2.24) is 4.90 Å². The number of nitrogen functional groups attached to an aromatic ring is 1. The highest BCUT2D eigenvalue weighted by Crippen LogP contribution is 2.26. The van der Waals surface area contributed by atoms with Gasteiger partial charge in [-0.05, 0) is 57.0 Å². The lowest BCUT2D eigenvalue weighted by atomic mass is 9.92. The van der Waals surface area contributed by atoms with Gasteiger partial charge in [-0.1, -0.05) is 0 Å². The molecule has 0 aromatic heterocycles. The van der Waals surface area contributed by atoms with Crippen LogP contribution in [0.1, 0.15) is 25.3 Å². The third kappa shape index (κ3) is 3.61. The average molecular weight is 264 g/mol. The molecule has 3 N–H and O–H groups in total.